The standard InChI is InChI=1S/C42H38N2/c1-28(2)36-21-16-29(3)24-38(36)37-26-34(19-18-31(37)5)43(32-12-8-6-9-13-32)35-20-23-42-40(27-35)39-25-30(4)17-22-41(39)44(42)33-14-10-7-11-15-33/h6-28H,1-5H3. The molecule has 0 spiro atoms. The summed E-state index contributed by atoms with van der Waals surface area (Å²) in [6, 6.07) is 48.9. The largest absolute Gasteiger partial charge is 0.310 e. The lowest BCUT2D eigenvalue weighted by molar-refractivity contribution is 0.868. The molecule has 0 unspecified atom stereocenters. The van der Waals surface area contributed by atoms with E-state index >= 15 is 0 Å². The Morgan fingerprint density at radius 1 is 0.500 bits per heavy atom. The third-order valence-electron chi connectivity index (χ3n) is 8.79. The summed E-state index contributed by atoms with van der Waals surface area (Å²) in [5.74, 6) is 0.437. The molecule has 0 saturated carbocycles. The summed E-state index contributed by atoms with van der Waals surface area (Å²) in [6.45, 7) is 11.2. The van der Waals surface area contributed by atoms with Crippen LogP contribution in [-0.4, -0.2) is 4.57 Å². The van der Waals surface area contributed by atoms with Gasteiger partial charge in [0.1, 0.15) is 0 Å². The van der Waals surface area contributed by atoms with Gasteiger partial charge in [-0.2, -0.15) is 0 Å². The van der Waals surface area contributed by atoms with Crippen LogP contribution >= 0.6 is 0 Å². The van der Waals surface area contributed by atoms with Crippen LogP contribution in [0.2, 0.25) is 0 Å². The molecule has 0 aliphatic rings. The summed E-state index contributed by atoms with van der Waals surface area (Å²) in [5.41, 5.74) is 14.8. The maximum atomic E-state index is 2.40. The van der Waals surface area contributed by atoms with Gasteiger partial charge in [0.25, 0.3) is 0 Å². The molecule has 0 radical (unpaired) electrons. The van der Waals surface area contributed by atoms with E-state index in [1.807, 2.05) is 0 Å². The van der Waals surface area contributed by atoms with Gasteiger partial charge in [-0.05, 0) is 116 Å². The van der Waals surface area contributed by atoms with Crippen LogP contribution in [0.1, 0.15) is 42.0 Å². The van der Waals surface area contributed by atoms with E-state index in [9.17, 15) is 0 Å². The first-order valence-corrected chi connectivity index (χ1v) is 15.6. The minimum atomic E-state index is 0.437. The van der Waals surface area contributed by atoms with Crippen molar-refractivity contribution < 1.29 is 0 Å². The Bertz CT molecular complexity index is 2120. The first-order chi connectivity index (χ1) is 21.4. The highest BCUT2D eigenvalue weighted by atomic mass is 15.1. The van der Waals surface area contributed by atoms with Crippen molar-refractivity contribution in [3.63, 3.8) is 0 Å². The summed E-state index contributed by atoms with van der Waals surface area (Å²) in [5, 5.41) is 2.52. The molecule has 216 valence electrons. The fourth-order valence-electron chi connectivity index (χ4n) is 6.59. The molecule has 2 heteroatoms. The molecule has 0 N–H and O–H groups in total. The lowest BCUT2D eigenvalue weighted by Crippen LogP contribution is -2.10. The van der Waals surface area contributed by atoms with Crippen LogP contribution < -0.4 is 4.90 Å². The smallest absolute Gasteiger partial charge is 0.0542 e. The predicted octanol–water partition coefficient (Wildman–Crippen LogP) is 12.0. The Hall–Kier alpha value is -5.08. The maximum absolute atomic E-state index is 2.40. The fraction of sp³-hybridized carbons (Fsp3) is 0.143. The number of hydrogen-bond donors (Lipinski definition) is 0. The number of aromatic nitrogens is 1. The van der Waals surface area contributed by atoms with E-state index < -0.39 is 0 Å². The highest BCUT2D eigenvalue weighted by Gasteiger charge is 2.19. The number of aryl methyl sites for hydroxylation is 3. The molecular formula is C42H38N2. The van der Waals surface area contributed by atoms with E-state index in [-0.39, 0.29) is 0 Å². The Morgan fingerprint density at radius 3 is 1.82 bits per heavy atom. The van der Waals surface area contributed by atoms with Gasteiger partial charge in [0, 0.05) is 33.5 Å². The van der Waals surface area contributed by atoms with Crippen molar-refractivity contribution in [2.45, 2.75) is 40.5 Å². The zero-order valence-electron chi connectivity index (χ0n) is 26.2. The van der Waals surface area contributed by atoms with Crippen LogP contribution in [0.5, 0.6) is 0 Å². The van der Waals surface area contributed by atoms with E-state index in [2.05, 4.69) is 178 Å². The minimum Gasteiger partial charge on any atom is -0.310 e. The quantitative estimate of drug-likeness (QED) is 0.193. The zero-order valence-corrected chi connectivity index (χ0v) is 26.2. The van der Waals surface area contributed by atoms with Crippen molar-refractivity contribution in [3.8, 4) is 16.8 Å². The van der Waals surface area contributed by atoms with Gasteiger partial charge in [-0.15, -0.1) is 0 Å². The van der Waals surface area contributed by atoms with Crippen LogP contribution in [0.3, 0.4) is 0 Å². The number of fused-ring (bicyclic) bond motifs is 3. The molecule has 7 aromatic rings. The molecule has 1 heterocycles. The van der Waals surface area contributed by atoms with Crippen LogP contribution in [0.15, 0.2) is 133 Å². The summed E-state index contributed by atoms with van der Waals surface area (Å²) in [4.78, 5) is 2.40. The molecule has 0 atom stereocenters. The zero-order chi connectivity index (χ0) is 30.4. The van der Waals surface area contributed by atoms with E-state index in [0.29, 0.717) is 5.92 Å². The van der Waals surface area contributed by atoms with E-state index in [4.69, 9.17) is 0 Å². The van der Waals surface area contributed by atoms with Crippen molar-refractivity contribution in [1.82, 2.24) is 4.57 Å². The average Bonchev–Trinajstić information content (AvgIpc) is 3.35. The summed E-state index contributed by atoms with van der Waals surface area (Å²) in [6.07, 6.45) is 0. The molecule has 0 saturated heterocycles. The summed E-state index contributed by atoms with van der Waals surface area (Å²) < 4.78 is 2.38. The summed E-state index contributed by atoms with van der Waals surface area (Å²) >= 11 is 0. The molecule has 1 aromatic heterocycles. The number of rotatable bonds is 6. The third kappa shape index (κ3) is 4.87. The van der Waals surface area contributed by atoms with Crippen molar-refractivity contribution in [2.75, 3.05) is 4.90 Å². The topological polar surface area (TPSA) is 8.17 Å². The van der Waals surface area contributed by atoms with Gasteiger partial charge >= 0.3 is 0 Å². The van der Waals surface area contributed by atoms with Gasteiger partial charge in [-0.25, -0.2) is 0 Å². The number of hydrogen-bond acceptors (Lipinski definition) is 1. The highest BCUT2D eigenvalue weighted by Crippen LogP contribution is 2.42. The highest BCUT2D eigenvalue weighted by molar-refractivity contribution is 6.11. The molecule has 6 aromatic carbocycles. The monoisotopic (exact) mass is 570 g/mol. The van der Waals surface area contributed by atoms with E-state index in [1.165, 1.54) is 60.9 Å². The first kappa shape index (κ1) is 27.7. The number of para-hydroxylation sites is 2. The van der Waals surface area contributed by atoms with Crippen molar-refractivity contribution in [2.24, 2.45) is 0 Å². The van der Waals surface area contributed by atoms with Crippen molar-refractivity contribution >= 4 is 38.9 Å². The number of nitrogens with zero attached hydrogens (tertiary/aromatic N) is 2. The van der Waals surface area contributed by atoms with Gasteiger partial charge in [0.05, 0.1) is 11.0 Å². The Morgan fingerprint density at radius 2 is 1.09 bits per heavy atom. The molecule has 0 aliphatic heterocycles. The molecule has 0 aliphatic carbocycles. The number of benzene rings is 6. The Labute approximate surface area is 260 Å². The molecule has 0 fully saturated rings. The molecule has 0 bridgehead atoms. The van der Waals surface area contributed by atoms with Gasteiger partial charge < -0.3 is 9.47 Å². The van der Waals surface area contributed by atoms with Gasteiger partial charge in [0.2, 0.25) is 0 Å². The minimum absolute atomic E-state index is 0.437. The van der Waals surface area contributed by atoms with E-state index in [0.717, 1.165) is 17.1 Å². The molecular weight excluding hydrogens is 532 g/mol. The average molecular weight is 571 g/mol. The number of anilines is 3. The van der Waals surface area contributed by atoms with E-state index in [1.54, 1.807) is 0 Å². The van der Waals surface area contributed by atoms with Crippen LogP contribution in [0.25, 0.3) is 38.6 Å². The Kier molecular flexibility index (Phi) is 7.06. The van der Waals surface area contributed by atoms with Gasteiger partial charge in [-0.1, -0.05) is 91.7 Å². The van der Waals surface area contributed by atoms with Gasteiger partial charge in [0.15, 0.2) is 0 Å². The molecule has 44 heavy (non-hydrogen) atoms. The second-order valence-corrected chi connectivity index (χ2v) is 12.3. The lowest BCUT2D eigenvalue weighted by atomic mass is 9.89. The van der Waals surface area contributed by atoms with Crippen LogP contribution in [0.4, 0.5) is 17.1 Å². The van der Waals surface area contributed by atoms with Gasteiger partial charge in [-0.3, -0.25) is 0 Å². The van der Waals surface area contributed by atoms with Crippen molar-refractivity contribution in [3.05, 3.63) is 156 Å². The lowest BCUT2D eigenvalue weighted by Gasteiger charge is -2.27. The second kappa shape index (κ2) is 11.2. The Balaban J connectivity index is 1.47. The maximum Gasteiger partial charge on any atom is 0.0542 e. The fourth-order valence-corrected chi connectivity index (χ4v) is 6.59. The van der Waals surface area contributed by atoms with Crippen molar-refractivity contribution in [1.29, 1.82) is 0 Å². The summed E-state index contributed by atoms with van der Waals surface area (Å²) in [7, 11) is 0. The molecule has 0 amide bonds. The third-order valence-corrected chi connectivity index (χ3v) is 8.79. The van der Waals surface area contributed by atoms with Crippen LogP contribution in [0, 0.1) is 20.8 Å². The first-order valence-electron chi connectivity index (χ1n) is 15.6. The normalized spacial score (nSPS) is 11.5. The second-order valence-electron chi connectivity index (χ2n) is 12.3. The van der Waals surface area contributed by atoms with Crippen LogP contribution in [-0.2, 0) is 0 Å². The SMILES string of the molecule is Cc1ccc(C(C)C)c(-c2cc(N(c3ccccc3)c3ccc4c(c3)c3cc(C)ccc3n4-c3ccccc3)ccc2C)c1. The molecule has 7 rings (SSSR count). The predicted molar refractivity (Wildman–Crippen MR) is 189 cm³/mol. The molecule has 2 nitrogen and oxygen atoms in total.